The molecule has 5 rings (SSSR count). The van der Waals surface area contributed by atoms with Crippen molar-refractivity contribution in [3.8, 4) is 0 Å². The number of amides is 2. The summed E-state index contributed by atoms with van der Waals surface area (Å²) in [4.78, 5) is 29.9. The van der Waals surface area contributed by atoms with Gasteiger partial charge in [-0.25, -0.2) is 4.39 Å². The molecule has 0 saturated heterocycles. The number of benzene rings is 2. The average Bonchev–Trinajstić information content (AvgIpc) is 2.94. The number of aryl methyl sites for hydroxylation is 1. The molecule has 5 nitrogen and oxygen atoms in total. The minimum atomic E-state index is -0.209. The Morgan fingerprint density at radius 2 is 1.71 bits per heavy atom. The first kappa shape index (κ1) is 26.1. The molecule has 2 atom stereocenters. The standard InChI is InChI=1S/C32H36FN3O2/c33-27-13-14-28-26(19-27)12-15-30(29(28)17-24-7-4-16-34-20-24)36-32(38)25-10-8-23(9-11-25)21-35-31(37)18-22-5-2-1-3-6-22/h1-7,13-14,16,19-20,23,25,29-30H,8-12,15,17-18,21H2,(H,35,37)(H,36,38)/t23?,25?,29-,30+/m1/s1. The van der Waals surface area contributed by atoms with Crippen LogP contribution in [0.3, 0.4) is 0 Å². The summed E-state index contributed by atoms with van der Waals surface area (Å²) in [6.07, 6.45) is 9.91. The second-order valence-electron chi connectivity index (χ2n) is 10.9. The normalized spacial score (nSPS) is 22.8. The first-order valence-electron chi connectivity index (χ1n) is 13.8. The van der Waals surface area contributed by atoms with Gasteiger partial charge < -0.3 is 10.6 Å². The van der Waals surface area contributed by atoms with Crippen LogP contribution in [0.4, 0.5) is 4.39 Å². The van der Waals surface area contributed by atoms with Crippen LogP contribution in [0.2, 0.25) is 0 Å². The maximum Gasteiger partial charge on any atom is 0.224 e. The van der Waals surface area contributed by atoms with Gasteiger partial charge in [0.15, 0.2) is 0 Å². The van der Waals surface area contributed by atoms with Gasteiger partial charge in [-0.15, -0.1) is 0 Å². The largest absolute Gasteiger partial charge is 0.356 e. The van der Waals surface area contributed by atoms with Gasteiger partial charge in [-0.2, -0.15) is 0 Å². The lowest BCUT2D eigenvalue weighted by atomic mass is 9.75. The summed E-state index contributed by atoms with van der Waals surface area (Å²) >= 11 is 0. The lowest BCUT2D eigenvalue weighted by Gasteiger charge is -2.36. The summed E-state index contributed by atoms with van der Waals surface area (Å²) in [5.41, 5.74) is 4.30. The highest BCUT2D eigenvalue weighted by Crippen LogP contribution is 2.36. The highest BCUT2D eigenvalue weighted by atomic mass is 19.1. The zero-order chi connectivity index (χ0) is 26.3. The molecule has 38 heavy (non-hydrogen) atoms. The van der Waals surface area contributed by atoms with Crippen molar-refractivity contribution in [3.05, 3.63) is 101 Å². The van der Waals surface area contributed by atoms with Crippen LogP contribution in [0.5, 0.6) is 0 Å². The first-order valence-corrected chi connectivity index (χ1v) is 13.8. The molecule has 2 aliphatic rings. The van der Waals surface area contributed by atoms with Crippen molar-refractivity contribution in [3.63, 3.8) is 0 Å². The van der Waals surface area contributed by atoms with Gasteiger partial charge in [-0.1, -0.05) is 42.5 Å². The van der Waals surface area contributed by atoms with Crippen LogP contribution in [-0.4, -0.2) is 29.4 Å². The Bertz CT molecular complexity index is 1230. The third kappa shape index (κ3) is 6.66. The number of carbonyl (C=O) groups excluding carboxylic acids is 2. The molecular formula is C32H36FN3O2. The molecule has 1 aromatic heterocycles. The Labute approximate surface area is 224 Å². The second kappa shape index (κ2) is 12.3. The predicted molar refractivity (Wildman–Crippen MR) is 146 cm³/mol. The number of hydrogen-bond donors (Lipinski definition) is 2. The van der Waals surface area contributed by atoms with Crippen LogP contribution in [0.25, 0.3) is 0 Å². The SMILES string of the molecule is O=C(Cc1ccccc1)NCC1CCC(C(=O)N[C@H]2CCc3cc(F)ccc3[C@H]2Cc2cccnc2)CC1. The third-order valence-electron chi connectivity index (χ3n) is 8.23. The van der Waals surface area contributed by atoms with Gasteiger partial charge in [0, 0.05) is 36.8 Å². The Kier molecular flexibility index (Phi) is 8.47. The number of aromatic nitrogens is 1. The first-order chi connectivity index (χ1) is 18.5. The third-order valence-corrected chi connectivity index (χ3v) is 8.23. The minimum absolute atomic E-state index is 0.0000676. The molecule has 2 amide bonds. The smallest absolute Gasteiger partial charge is 0.224 e. The molecule has 2 aromatic carbocycles. The van der Waals surface area contributed by atoms with Crippen LogP contribution in [0.15, 0.2) is 73.1 Å². The highest BCUT2D eigenvalue weighted by molar-refractivity contribution is 5.79. The summed E-state index contributed by atoms with van der Waals surface area (Å²) in [5, 5.41) is 6.47. The van der Waals surface area contributed by atoms with E-state index in [0.29, 0.717) is 18.9 Å². The maximum atomic E-state index is 13.9. The molecule has 1 saturated carbocycles. The molecule has 3 aromatic rings. The zero-order valence-electron chi connectivity index (χ0n) is 21.7. The lowest BCUT2D eigenvalue weighted by molar-refractivity contribution is -0.127. The van der Waals surface area contributed by atoms with Gasteiger partial charge in [0.25, 0.3) is 0 Å². The zero-order valence-corrected chi connectivity index (χ0v) is 21.7. The average molecular weight is 514 g/mol. The van der Waals surface area contributed by atoms with E-state index >= 15 is 0 Å². The van der Waals surface area contributed by atoms with Crippen molar-refractivity contribution < 1.29 is 14.0 Å². The van der Waals surface area contributed by atoms with Crippen molar-refractivity contribution in [2.75, 3.05) is 6.54 Å². The van der Waals surface area contributed by atoms with E-state index < -0.39 is 0 Å². The molecule has 198 valence electrons. The molecule has 1 heterocycles. The molecule has 1 fully saturated rings. The molecule has 2 aliphatic carbocycles. The number of halogens is 1. The Morgan fingerprint density at radius 1 is 0.921 bits per heavy atom. The second-order valence-corrected chi connectivity index (χ2v) is 10.9. The molecule has 0 spiro atoms. The van der Waals surface area contributed by atoms with Gasteiger partial charge in [0.05, 0.1) is 6.42 Å². The molecule has 0 unspecified atom stereocenters. The van der Waals surface area contributed by atoms with Gasteiger partial charge in [0.2, 0.25) is 11.8 Å². The number of pyridine rings is 1. The summed E-state index contributed by atoms with van der Waals surface area (Å²) in [6, 6.07) is 18.8. The fourth-order valence-corrected chi connectivity index (χ4v) is 6.11. The van der Waals surface area contributed by atoms with E-state index in [-0.39, 0.29) is 35.5 Å². The van der Waals surface area contributed by atoms with Crippen molar-refractivity contribution in [2.45, 2.75) is 63.3 Å². The van der Waals surface area contributed by atoms with Crippen LogP contribution >= 0.6 is 0 Å². The number of carbonyl (C=O) groups is 2. The van der Waals surface area contributed by atoms with E-state index in [0.717, 1.165) is 67.2 Å². The fraction of sp³-hybridized carbons (Fsp3) is 0.406. The van der Waals surface area contributed by atoms with E-state index in [4.69, 9.17) is 0 Å². The molecule has 2 N–H and O–H groups in total. The van der Waals surface area contributed by atoms with Gasteiger partial charge in [-0.05, 0) is 91.3 Å². The molecular weight excluding hydrogens is 477 g/mol. The van der Waals surface area contributed by atoms with Crippen LogP contribution < -0.4 is 10.6 Å². The molecule has 0 radical (unpaired) electrons. The van der Waals surface area contributed by atoms with Crippen LogP contribution in [0, 0.1) is 17.7 Å². The lowest BCUT2D eigenvalue weighted by Crippen LogP contribution is -2.46. The highest BCUT2D eigenvalue weighted by Gasteiger charge is 2.34. The number of nitrogens with one attached hydrogen (secondary N) is 2. The van der Waals surface area contributed by atoms with Crippen molar-refractivity contribution in [2.24, 2.45) is 11.8 Å². The van der Waals surface area contributed by atoms with Crippen LogP contribution in [0.1, 0.15) is 60.3 Å². The number of fused-ring (bicyclic) bond motifs is 1. The topological polar surface area (TPSA) is 71.1 Å². The fourth-order valence-electron chi connectivity index (χ4n) is 6.11. The number of nitrogens with zero attached hydrogens (tertiary/aromatic N) is 1. The van der Waals surface area contributed by atoms with Gasteiger partial charge >= 0.3 is 0 Å². The van der Waals surface area contributed by atoms with E-state index in [9.17, 15) is 14.0 Å². The van der Waals surface area contributed by atoms with E-state index in [1.807, 2.05) is 48.7 Å². The van der Waals surface area contributed by atoms with Crippen molar-refractivity contribution in [1.29, 1.82) is 0 Å². The predicted octanol–water partition coefficient (Wildman–Crippen LogP) is 5.14. The van der Waals surface area contributed by atoms with Crippen LogP contribution in [-0.2, 0) is 28.9 Å². The number of rotatable bonds is 8. The summed E-state index contributed by atoms with van der Waals surface area (Å²) in [7, 11) is 0. The van der Waals surface area contributed by atoms with E-state index in [1.165, 1.54) is 6.07 Å². The van der Waals surface area contributed by atoms with Gasteiger partial charge in [-0.3, -0.25) is 14.6 Å². The van der Waals surface area contributed by atoms with Crippen molar-refractivity contribution in [1.82, 2.24) is 15.6 Å². The summed E-state index contributed by atoms with van der Waals surface area (Å²) in [5.74, 6) is 0.466. The van der Waals surface area contributed by atoms with Crippen molar-refractivity contribution >= 4 is 11.8 Å². The molecule has 0 aliphatic heterocycles. The molecule has 6 heteroatoms. The van der Waals surface area contributed by atoms with E-state index in [1.54, 1.807) is 12.3 Å². The quantitative estimate of drug-likeness (QED) is 0.438. The monoisotopic (exact) mass is 513 g/mol. The maximum absolute atomic E-state index is 13.9. The Morgan fingerprint density at radius 3 is 2.47 bits per heavy atom. The Balaban J connectivity index is 1.14. The Hall–Kier alpha value is -3.54. The number of hydrogen-bond acceptors (Lipinski definition) is 3. The van der Waals surface area contributed by atoms with Gasteiger partial charge in [0.1, 0.15) is 5.82 Å². The van der Waals surface area contributed by atoms with E-state index in [2.05, 4.69) is 21.7 Å². The summed E-state index contributed by atoms with van der Waals surface area (Å²) < 4.78 is 13.9. The minimum Gasteiger partial charge on any atom is -0.356 e. The summed E-state index contributed by atoms with van der Waals surface area (Å²) in [6.45, 7) is 0.670. The molecule has 0 bridgehead atoms.